The predicted molar refractivity (Wildman–Crippen MR) is 137 cm³/mol. The van der Waals surface area contributed by atoms with Crippen molar-refractivity contribution in [2.75, 3.05) is 45.8 Å². The van der Waals surface area contributed by atoms with Crippen LogP contribution in [0.2, 0.25) is 0 Å². The molecule has 17 nitrogen and oxygen atoms in total. The molecule has 0 saturated carbocycles. The van der Waals surface area contributed by atoms with E-state index in [1.165, 1.54) is 7.05 Å². The molecule has 5 N–H and O–H groups in total. The molecular formula is C22H37N7O10S. The van der Waals surface area contributed by atoms with Gasteiger partial charge in [0, 0.05) is 45.7 Å². The van der Waals surface area contributed by atoms with Crippen LogP contribution in [0, 0.1) is 5.92 Å². The molecule has 0 radical (unpaired) electrons. The van der Waals surface area contributed by atoms with E-state index in [4.69, 9.17) is 9.47 Å². The third kappa shape index (κ3) is 17.2. The van der Waals surface area contributed by atoms with Gasteiger partial charge in [0.1, 0.15) is 6.61 Å². The number of hydrogen-bond donors (Lipinski definition) is 5. The molecule has 0 saturated heterocycles. The smallest absolute Gasteiger partial charge is 0.306 e. The fourth-order valence-electron chi connectivity index (χ4n) is 3.23. The number of ether oxygens (including phenoxy) is 2. The second kappa shape index (κ2) is 19.5. The Balaban J connectivity index is 2.05. The summed E-state index contributed by atoms with van der Waals surface area (Å²) < 4.78 is 36.4. The van der Waals surface area contributed by atoms with Crippen LogP contribution in [-0.4, -0.2) is 109 Å². The van der Waals surface area contributed by atoms with Crippen LogP contribution in [0.1, 0.15) is 50.8 Å². The number of carboxylic acid groups (broad SMARTS) is 1. The highest BCUT2D eigenvalue weighted by molar-refractivity contribution is 7.90. The second-order valence-electron chi connectivity index (χ2n) is 8.63. The van der Waals surface area contributed by atoms with E-state index in [1.54, 1.807) is 0 Å². The SMILES string of the molecule is CNC(=O)CCC(CC(=O)COCCOCCNC(=O)CCCS(=O)(=O)NC(=O)CCCc1nn[nH]n1)C(=O)O. The monoisotopic (exact) mass is 591 g/mol. The Bertz CT molecular complexity index is 1050. The summed E-state index contributed by atoms with van der Waals surface area (Å²) in [4.78, 5) is 58.1. The van der Waals surface area contributed by atoms with Crippen molar-refractivity contribution >= 4 is 39.5 Å². The molecule has 0 aromatic carbocycles. The standard InChI is InChI=1S/C22H37N7O10S/c1-23-19(31)8-7-16(22(34)35)14-17(30)15-39-12-11-38-10-9-24-20(32)6-3-13-40(36,37)27-21(33)5-2-4-18-25-28-29-26-18/h16H,2-15H2,1H3,(H,23,31)(H,24,32)(H,27,33)(H,34,35)(H,25,26,28,29). The minimum atomic E-state index is -3.86. The normalized spacial score (nSPS) is 11.9. The van der Waals surface area contributed by atoms with Gasteiger partial charge in [-0.1, -0.05) is 5.21 Å². The molecule has 0 aliphatic carbocycles. The molecule has 0 fully saturated rings. The quantitative estimate of drug-likeness (QED) is 0.0872. The van der Waals surface area contributed by atoms with E-state index in [2.05, 4.69) is 31.3 Å². The maximum Gasteiger partial charge on any atom is 0.306 e. The molecule has 0 spiro atoms. The minimum Gasteiger partial charge on any atom is -0.481 e. The number of aromatic amines is 1. The van der Waals surface area contributed by atoms with E-state index in [0.29, 0.717) is 18.7 Å². The first-order chi connectivity index (χ1) is 19.0. The number of aryl methyl sites for hydroxylation is 1. The number of carbonyl (C=O) groups excluding carboxylic acids is 4. The molecule has 1 atom stereocenters. The first-order valence-corrected chi connectivity index (χ1v) is 14.3. The van der Waals surface area contributed by atoms with E-state index in [1.807, 2.05) is 4.72 Å². The number of sulfonamides is 1. The summed E-state index contributed by atoms with van der Waals surface area (Å²) in [7, 11) is -2.42. The summed E-state index contributed by atoms with van der Waals surface area (Å²) in [6.45, 7) is 0.258. The number of amides is 3. The zero-order chi connectivity index (χ0) is 29.8. The van der Waals surface area contributed by atoms with Crippen LogP contribution < -0.4 is 15.4 Å². The number of ketones is 1. The van der Waals surface area contributed by atoms with E-state index in [-0.39, 0.29) is 89.1 Å². The number of tetrazole rings is 1. The molecule has 0 aliphatic heterocycles. The number of hydrogen-bond acceptors (Lipinski definition) is 12. The Morgan fingerprint density at radius 1 is 0.975 bits per heavy atom. The maximum absolute atomic E-state index is 12.0. The van der Waals surface area contributed by atoms with E-state index >= 15 is 0 Å². The summed E-state index contributed by atoms with van der Waals surface area (Å²) in [5, 5.41) is 27.3. The molecule has 1 aromatic rings. The zero-order valence-corrected chi connectivity index (χ0v) is 23.2. The number of carbonyl (C=O) groups is 5. The molecule has 1 aromatic heterocycles. The predicted octanol–water partition coefficient (Wildman–Crippen LogP) is -1.92. The number of rotatable bonds is 23. The van der Waals surface area contributed by atoms with Gasteiger partial charge in [0.2, 0.25) is 27.7 Å². The lowest BCUT2D eigenvalue weighted by atomic mass is 9.97. The van der Waals surface area contributed by atoms with Gasteiger partial charge in [0.25, 0.3) is 0 Å². The zero-order valence-electron chi connectivity index (χ0n) is 22.3. The third-order valence-corrected chi connectivity index (χ3v) is 6.67. The number of Topliss-reactive ketones (excluding diaryl/α,β-unsaturated/α-hetero) is 1. The van der Waals surface area contributed by atoms with Gasteiger partial charge in [0.05, 0.1) is 31.5 Å². The number of aromatic nitrogens is 4. The Morgan fingerprint density at radius 2 is 1.70 bits per heavy atom. The highest BCUT2D eigenvalue weighted by Gasteiger charge is 2.22. The molecule has 226 valence electrons. The molecule has 1 rings (SSSR count). The molecule has 40 heavy (non-hydrogen) atoms. The highest BCUT2D eigenvalue weighted by Crippen LogP contribution is 2.12. The van der Waals surface area contributed by atoms with Crippen LogP contribution >= 0.6 is 0 Å². The number of nitrogens with zero attached hydrogens (tertiary/aromatic N) is 3. The number of nitrogens with one attached hydrogen (secondary N) is 4. The van der Waals surface area contributed by atoms with E-state index in [0.717, 1.165) is 0 Å². The molecule has 1 unspecified atom stereocenters. The summed E-state index contributed by atoms with van der Waals surface area (Å²) >= 11 is 0. The van der Waals surface area contributed by atoms with Crippen molar-refractivity contribution in [2.24, 2.45) is 5.92 Å². The summed E-state index contributed by atoms with van der Waals surface area (Å²) in [5.74, 6) is -3.82. The molecule has 0 bridgehead atoms. The third-order valence-electron chi connectivity index (χ3n) is 5.31. The van der Waals surface area contributed by atoms with Gasteiger partial charge in [-0.3, -0.25) is 28.7 Å². The van der Waals surface area contributed by atoms with E-state index in [9.17, 15) is 37.5 Å². The van der Waals surface area contributed by atoms with Gasteiger partial charge in [-0.15, -0.1) is 10.2 Å². The largest absolute Gasteiger partial charge is 0.481 e. The van der Waals surface area contributed by atoms with Gasteiger partial charge < -0.3 is 25.2 Å². The average Bonchev–Trinajstić information content (AvgIpc) is 3.40. The van der Waals surface area contributed by atoms with Gasteiger partial charge in [0.15, 0.2) is 11.6 Å². The first kappa shape index (κ1) is 34.5. The Labute approximate surface area is 231 Å². The van der Waals surface area contributed by atoms with Crippen LogP contribution in [-0.2, 0) is 49.9 Å². The number of aliphatic carboxylic acids is 1. The summed E-state index contributed by atoms with van der Waals surface area (Å²) in [6.07, 6.45) is 0.479. The Morgan fingerprint density at radius 3 is 2.38 bits per heavy atom. The van der Waals surface area contributed by atoms with Gasteiger partial charge in [-0.2, -0.15) is 5.21 Å². The van der Waals surface area contributed by atoms with Gasteiger partial charge in [-0.25, -0.2) is 8.42 Å². The molecule has 3 amide bonds. The molecule has 18 heteroatoms. The van der Waals surface area contributed by atoms with Crippen LogP contribution in [0.4, 0.5) is 0 Å². The maximum atomic E-state index is 12.0. The lowest BCUT2D eigenvalue weighted by Crippen LogP contribution is -2.33. The lowest BCUT2D eigenvalue weighted by Gasteiger charge is -2.11. The highest BCUT2D eigenvalue weighted by atomic mass is 32.2. The Kier molecular flexibility index (Phi) is 16.9. The molecule has 0 aliphatic rings. The van der Waals surface area contributed by atoms with Crippen LogP contribution in [0.5, 0.6) is 0 Å². The van der Waals surface area contributed by atoms with Crippen molar-refractivity contribution in [2.45, 2.75) is 51.4 Å². The summed E-state index contributed by atoms with van der Waals surface area (Å²) in [6, 6.07) is 0. The lowest BCUT2D eigenvalue weighted by molar-refractivity contribution is -0.144. The van der Waals surface area contributed by atoms with Crippen molar-refractivity contribution in [1.82, 2.24) is 36.0 Å². The first-order valence-electron chi connectivity index (χ1n) is 12.6. The minimum absolute atomic E-state index is 0.00837. The molecular weight excluding hydrogens is 554 g/mol. The van der Waals surface area contributed by atoms with Crippen LogP contribution in [0.25, 0.3) is 0 Å². The van der Waals surface area contributed by atoms with Crippen molar-refractivity contribution in [3.05, 3.63) is 5.82 Å². The molecule has 1 heterocycles. The fourth-order valence-corrected chi connectivity index (χ4v) is 4.30. The second-order valence-corrected chi connectivity index (χ2v) is 10.5. The Hall–Kier alpha value is -3.51. The number of H-pyrrole nitrogens is 1. The van der Waals surface area contributed by atoms with Crippen LogP contribution in [0.3, 0.4) is 0 Å². The number of carboxylic acids is 1. The van der Waals surface area contributed by atoms with Crippen LogP contribution in [0.15, 0.2) is 0 Å². The average molecular weight is 592 g/mol. The fraction of sp³-hybridized carbons (Fsp3) is 0.727. The van der Waals surface area contributed by atoms with E-state index < -0.39 is 33.6 Å². The van der Waals surface area contributed by atoms with Gasteiger partial charge >= 0.3 is 5.97 Å². The van der Waals surface area contributed by atoms with Crippen molar-refractivity contribution in [3.8, 4) is 0 Å². The summed E-state index contributed by atoms with van der Waals surface area (Å²) in [5.41, 5.74) is 0. The van der Waals surface area contributed by atoms with Crippen molar-refractivity contribution in [1.29, 1.82) is 0 Å². The van der Waals surface area contributed by atoms with Crippen molar-refractivity contribution in [3.63, 3.8) is 0 Å². The van der Waals surface area contributed by atoms with Crippen molar-refractivity contribution < 1.29 is 47.0 Å². The topological polar surface area (TPSA) is 249 Å². The van der Waals surface area contributed by atoms with Gasteiger partial charge in [-0.05, 0) is 19.3 Å².